The molecule has 0 aromatic heterocycles. The molecule has 2 aromatic carbocycles. The molecule has 28 heavy (non-hydrogen) atoms. The molecule has 0 radical (unpaired) electrons. The molecule has 0 bridgehead atoms. The van der Waals surface area contributed by atoms with Crippen molar-refractivity contribution in [3.63, 3.8) is 0 Å². The van der Waals surface area contributed by atoms with Crippen LogP contribution in [0.2, 0.25) is 0 Å². The van der Waals surface area contributed by atoms with E-state index in [0.29, 0.717) is 5.56 Å². The number of sulfonamides is 1. The summed E-state index contributed by atoms with van der Waals surface area (Å²) in [7, 11) is -4.01. The Morgan fingerprint density at radius 1 is 1.25 bits per heavy atom. The zero-order valence-electron chi connectivity index (χ0n) is 14.4. The Kier molecular flexibility index (Phi) is 5.96. The molecule has 3 N–H and O–H groups in total. The normalized spacial score (nSPS) is 11.6. The van der Waals surface area contributed by atoms with E-state index in [1.165, 1.54) is 18.2 Å². The lowest BCUT2D eigenvalue weighted by atomic mass is 10.1. The minimum absolute atomic E-state index is 0.0300. The number of halogens is 3. The number of anilines is 1. The molecule has 0 fully saturated rings. The van der Waals surface area contributed by atoms with Crippen molar-refractivity contribution in [2.24, 2.45) is 5.14 Å². The minimum Gasteiger partial charge on any atom is -0.483 e. The number of alkyl halides is 3. The number of nitrogens with zero attached hydrogens (tertiary/aromatic N) is 1. The van der Waals surface area contributed by atoms with Gasteiger partial charge in [0.15, 0.2) is 6.61 Å². The fourth-order valence-corrected chi connectivity index (χ4v) is 2.74. The van der Waals surface area contributed by atoms with Crippen molar-refractivity contribution in [1.82, 2.24) is 0 Å². The highest BCUT2D eigenvalue weighted by molar-refractivity contribution is 7.89. The van der Waals surface area contributed by atoms with Crippen LogP contribution in [0.3, 0.4) is 0 Å². The highest BCUT2D eigenvalue weighted by Gasteiger charge is 2.29. The molecule has 0 aliphatic rings. The summed E-state index contributed by atoms with van der Waals surface area (Å²) in [5, 5.41) is 16.6. The van der Waals surface area contributed by atoms with Gasteiger partial charge < -0.3 is 10.1 Å². The van der Waals surface area contributed by atoms with E-state index in [-0.39, 0.29) is 27.5 Å². The fraction of sp³-hybridized carbons (Fsp3) is 0.176. The minimum atomic E-state index is -4.56. The van der Waals surface area contributed by atoms with E-state index in [2.05, 4.69) is 10.1 Å². The first-order valence-electron chi connectivity index (χ1n) is 7.59. The number of rotatable bonds is 5. The summed E-state index contributed by atoms with van der Waals surface area (Å²) in [6.07, 6.45) is -4.56. The molecule has 0 spiro atoms. The average Bonchev–Trinajstić information content (AvgIpc) is 2.59. The molecule has 0 atom stereocenters. The Balaban J connectivity index is 2.27. The molecular formula is C17H14F3N3O4S. The van der Waals surface area contributed by atoms with Crippen LogP contribution in [0, 0.1) is 18.3 Å². The van der Waals surface area contributed by atoms with Crippen molar-refractivity contribution in [2.45, 2.75) is 18.0 Å². The molecule has 0 aliphatic carbocycles. The smallest absolute Gasteiger partial charge is 0.422 e. The second kappa shape index (κ2) is 7.87. The molecule has 0 unspecified atom stereocenters. The van der Waals surface area contributed by atoms with Crippen LogP contribution in [0.25, 0.3) is 0 Å². The second-order valence-corrected chi connectivity index (χ2v) is 7.26. The van der Waals surface area contributed by atoms with Gasteiger partial charge in [0.25, 0.3) is 5.91 Å². The van der Waals surface area contributed by atoms with Crippen LogP contribution in [-0.4, -0.2) is 27.1 Å². The van der Waals surface area contributed by atoms with E-state index in [9.17, 15) is 26.4 Å². The van der Waals surface area contributed by atoms with Crippen LogP contribution in [0.15, 0.2) is 41.3 Å². The standard InChI is InChI=1S/C17H14F3N3O4S/c1-10-2-4-13(28(22,25)26)7-14(10)16(24)23-12-3-5-15(11(6-12)8-21)27-9-17(18,19)20/h2-7H,9H2,1H3,(H,23,24)(H2,22,25,26). The maximum Gasteiger partial charge on any atom is 0.422 e. The van der Waals surface area contributed by atoms with Gasteiger partial charge in [0.1, 0.15) is 11.8 Å². The predicted molar refractivity (Wildman–Crippen MR) is 93.2 cm³/mol. The second-order valence-electron chi connectivity index (χ2n) is 5.70. The molecule has 148 valence electrons. The molecule has 0 saturated carbocycles. The molecule has 0 saturated heterocycles. The molecule has 1 amide bonds. The van der Waals surface area contributed by atoms with E-state index < -0.39 is 28.7 Å². The molecular weight excluding hydrogens is 399 g/mol. The first-order valence-corrected chi connectivity index (χ1v) is 9.14. The van der Waals surface area contributed by atoms with E-state index in [1.54, 1.807) is 13.0 Å². The van der Waals surface area contributed by atoms with E-state index in [4.69, 9.17) is 10.4 Å². The zero-order valence-corrected chi connectivity index (χ0v) is 15.2. The number of amides is 1. The van der Waals surface area contributed by atoms with Crippen LogP contribution in [0.4, 0.5) is 18.9 Å². The zero-order chi connectivity index (χ0) is 21.1. The molecule has 0 heterocycles. The van der Waals surface area contributed by atoms with Gasteiger partial charge in [0, 0.05) is 11.3 Å². The average molecular weight is 413 g/mol. The summed E-state index contributed by atoms with van der Waals surface area (Å²) >= 11 is 0. The molecule has 2 aromatic rings. The maximum absolute atomic E-state index is 12.4. The van der Waals surface area contributed by atoms with E-state index in [1.807, 2.05) is 0 Å². The number of hydrogen-bond donors (Lipinski definition) is 2. The van der Waals surface area contributed by atoms with Gasteiger partial charge in [0.2, 0.25) is 10.0 Å². The van der Waals surface area contributed by atoms with Crippen LogP contribution < -0.4 is 15.2 Å². The summed E-state index contributed by atoms with van der Waals surface area (Å²) in [6, 6.07) is 8.96. The Hall–Kier alpha value is -3.10. The van der Waals surface area contributed by atoms with Crippen molar-refractivity contribution in [3.8, 4) is 11.8 Å². The van der Waals surface area contributed by atoms with E-state index in [0.717, 1.165) is 18.2 Å². The number of aryl methyl sites for hydroxylation is 1. The molecule has 11 heteroatoms. The lowest BCUT2D eigenvalue weighted by Gasteiger charge is -2.12. The first kappa shape index (κ1) is 21.2. The number of ether oxygens (including phenoxy) is 1. The Bertz CT molecular complexity index is 1060. The number of carbonyl (C=O) groups is 1. The van der Waals surface area contributed by atoms with Crippen LogP contribution in [0.1, 0.15) is 21.5 Å². The van der Waals surface area contributed by atoms with Crippen molar-refractivity contribution in [2.75, 3.05) is 11.9 Å². The largest absolute Gasteiger partial charge is 0.483 e. The van der Waals surface area contributed by atoms with Crippen LogP contribution in [-0.2, 0) is 10.0 Å². The summed E-state index contributed by atoms with van der Waals surface area (Å²) in [5.41, 5.74) is 0.399. The number of benzene rings is 2. The van der Waals surface area contributed by atoms with Gasteiger partial charge in [-0.1, -0.05) is 6.07 Å². The fourth-order valence-electron chi connectivity index (χ4n) is 2.20. The summed E-state index contributed by atoms with van der Waals surface area (Å²) in [5.74, 6) is -0.971. The number of nitriles is 1. The summed E-state index contributed by atoms with van der Waals surface area (Å²) in [4.78, 5) is 12.2. The van der Waals surface area contributed by atoms with Crippen molar-refractivity contribution in [3.05, 3.63) is 53.1 Å². The molecule has 0 aliphatic heterocycles. The van der Waals surface area contributed by atoms with Crippen molar-refractivity contribution >= 4 is 21.6 Å². The lowest BCUT2D eigenvalue weighted by molar-refractivity contribution is -0.153. The Morgan fingerprint density at radius 3 is 2.50 bits per heavy atom. The quantitative estimate of drug-likeness (QED) is 0.780. The predicted octanol–water partition coefficient (Wildman–Crippen LogP) is 2.71. The maximum atomic E-state index is 12.4. The first-order chi connectivity index (χ1) is 12.9. The Morgan fingerprint density at radius 2 is 1.93 bits per heavy atom. The number of primary sulfonamides is 1. The van der Waals surface area contributed by atoms with Crippen LogP contribution in [0.5, 0.6) is 5.75 Å². The molecule has 7 nitrogen and oxygen atoms in total. The number of carbonyl (C=O) groups excluding carboxylic acids is 1. The molecule has 2 rings (SSSR count). The third kappa shape index (κ3) is 5.45. The number of hydrogen-bond acceptors (Lipinski definition) is 5. The van der Waals surface area contributed by atoms with Gasteiger partial charge in [-0.2, -0.15) is 18.4 Å². The van der Waals surface area contributed by atoms with Crippen molar-refractivity contribution in [1.29, 1.82) is 5.26 Å². The van der Waals surface area contributed by atoms with Crippen LogP contribution >= 0.6 is 0 Å². The van der Waals surface area contributed by atoms with Gasteiger partial charge in [-0.3, -0.25) is 4.79 Å². The van der Waals surface area contributed by atoms with Gasteiger partial charge in [0.05, 0.1) is 10.5 Å². The van der Waals surface area contributed by atoms with Gasteiger partial charge in [-0.25, -0.2) is 13.6 Å². The van der Waals surface area contributed by atoms with Crippen molar-refractivity contribution < 1.29 is 31.1 Å². The summed E-state index contributed by atoms with van der Waals surface area (Å²) in [6.45, 7) is 0.0174. The summed E-state index contributed by atoms with van der Waals surface area (Å²) < 4.78 is 64.2. The third-order valence-corrected chi connectivity index (χ3v) is 4.44. The number of nitrogens with one attached hydrogen (secondary N) is 1. The topological polar surface area (TPSA) is 122 Å². The third-order valence-electron chi connectivity index (χ3n) is 3.53. The van der Waals surface area contributed by atoms with Gasteiger partial charge >= 0.3 is 6.18 Å². The highest BCUT2D eigenvalue weighted by atomic mass is 32.2. The monoisotopic (exact) mass is 413 g/mol. The van der Waals surface area contributed by atoms with Gasteiger partial charge in [-0.15, -0.1) is 0 Å². The van der Waals surface area contributed by atoms with E-state index >= 15 is 0 Å². The highest BCUT2D eigenvalue weighted by Crippen LogP contribution is 2.25. The SMILES string of the molecule is Cc1ccc(S(N)(=O)=O)cc1C(=O)Nc1ccc(OCC(F)(F)F)c(C#N)c1. The number of nitrogens with two attached hydrogens (primary N) is 1. The lowest BCUT2D eigenvalue weighted by Crippen LogP contribution is -2.19. The Labute approximate surface area is 158 Å². The van der Waals surface area contributed by atoms with Gasteiger partial charge in [-0.05, 0) is 42.8 Å².